The third-order valence-corrected chi connectivity index (χ3v) is 4.98. The quantitative estimate of drug-likeness (QED) is 0.899. The molecule has 1 aromatic rings. The highest BCUT2D eigenvalue weighted by Gasteiger charge is 2.39. The molecule has 4 rings (SSSR count). The van der Waals surface area contributed by atoms with Crippen molar-refractivity contribution in [2.75, 3.05) is 19.7 Å². The van der Waals surface area contributed by atoms with Gasteiger partial charge in [0, 0.05) is 31.3 Å². The van der Waals surface area contributed by atoms with Gasteiger partial charge in [0.25, 0.3) is 5.91 Å². The fraction of sp³-hybridized carbons (Fsp3) is 0.733. The number of nitrogens with zero attached hydrogens (tertiary/aromatic N) is 2. The first-order chi connectivity index (χ1) is 9.76. The zero-order chi connectivity index (χ0) is 13.6. The van der Waals surface area contributed by atoms with Crippen LogP contribution in [-0.4, -0.2) is 46.3 Å². The normalized spacial score (nSPS) is 25.3. The predicted octanol–water partition coefficient (Wildman–Crippen LogP) is 2.07. The van der Waals surface area contributed by atoms with Crippen LogP contribution in [0.4, 0.5) is 0 Å². The molecule has 2 saturated heterocycles. The molecule has 3 heterocycles. The van der Waals surface area contributed by atoms with Crippen molar-refractivity contribution in [3.63, 3.8) is 0 Å². The predicted molar refractivity (Wildman–Crippen MR) is 73.6 cm³/mol. The summed E-state index contributed by atoms with van der Waals surface area (Å²) in [6, 6.07) is 1.94. The Morgan fingerprint density at radius 2 is 2.15 bits per heavy atom. The minimum atomic E-state index is 0.0704. The molecule has 1 N–H and O–H groups in total. The second-order valence-electron chi connectivity index (χ2n) is 6.41. The zero-order valence-electron chi connectivity index (χ0n) is 11.7. The van der Waals surface area contributed by atoms with Crippen LogP contribution in [0.5, 0.6) is 0 Å². The number of nitrogens with one attached hydrogen (secondary N) is 1. The molecule has 1 amide bonds. The minimum absolute atomic E-state index is 0.0704. The maximum absolute atomic E-state index is 12.5. The molecule has 0 atom stereocenters. The lowest BCUT2D eigenvalue weighted by Gasteiger charge is -2.38. The van der Waals surface area contributed by atoms with E-state index in [0.29, 0.717) is 11.6 Å². The van der Waals surface area contributed by atoms with Gasteiger partial charge in [0.05, 0.1) is 5.60 Å². The smallest absolute Gasteiger partial charge is 0.274 e. The average molecular weight is 275 g/mol. The first kappa shape index (κ1) is 12.4. The lowest BCUT2D eigenvalue weighted by molar-refractivity contribution is -0.0388. The second kappa shape index (κ2) is 4.58. The Morgan fingerprint density at radius 1 is 1.35 bits per heavy atom. The molecule has 1 saturated carbocycles. The number of hydrogen-bond donors (Lipinski definition) is 1. The number of H-pyrrole nitrogens is 1. The Bertz CT molecular complexity index is 505. The maximum Gasteiger partial charge on any atom is 0.274 e. The number of aromatic amines is 1. The van der Waals surface area contributed by atoms with Gasteiger partial charge in [-0.05, 0) is 44.6 Å². The van der Waals surface area contributed by atoms with E-state index in [1.807, 2.05) is 11.0 Å². The molecule has 1 aromatic heterocycles. The molecule has 0 bridgehead atoms. The lowest BCUT2D eigenvalue weighted by Crippen LogP contribution is -2.46. The number of hydrogen-bond acceptors (Lipinski definition) is 3. The van der Waals surface area contributed by atoms with Gasteiger partial charge in [-0.15, -0.1) is 0 Å². The summed E-state index contributed by atoms with van der Waals surface area (Å²) >= 11 is 0. The first-order valence-electron chi connectivity index (χ1n) is 7.74. The molecule has 1 spiro atoms. The number of likely N-dealkylation sites (tertiary alicyclic amines) is 1. The number of ether oxygens (including phenoxy) is 1. The van der Waals surface area contributed by atoms with Crippen LogP contribution >= 0.6 is 0 Å². The van der Waals surface area contributed by atoms with Gasteiger partial charge in [-0.25, -0.2) is 0 Å². The van der Waals surface area contributed by atoms with E-state index < -0.39 is 0 Å². The Balaban J connectivity index is 1.41. The van der Waals surface area contributed by atoms with Gasteiger partial charge in [-0.3, -0.25) is 9.89 Å². The summed E-state index contributed by atoms with van der Waals surface area (Å²) < 4.78 is 5.90. The van der Waals surface area contributed by atoms with Crippen molar-refractivity contribution in [1.82, 2.24) is 15.1 Å². The van der Waals surface area contributed by atoms with E-state index in [0.717, 1.165) is 51.1 Å². The van der Waals surface area contributed by atoms with E-state index in [-0.39, 0.29) is 11.5 Å². The Labute approximate surface area is 118 Å². The van der Waals surface area contributed by atoms with E-state index in [2.05, 4.69) is 10.2 Å². The summed E-state index contributed by atoms with van der Waals surface area (Å²) in [5, 5.41) is 7.21. The number of carbonyl (C=O) groups excluding carboxylic acids is 1. The van der Waals surface area contributed by atoms with E-state index in [1.165, 1.54) is 12.8 Å². The molecular weight excluding hydrogens is 254 g/mol. The average Bonchev–Trinajstić information content (AvgIpc) is 3.04. The minimum Gasteiger partial charge on any atom is -0.375 e. The van der Waals surface area contributed by atoms with E-state index in [9.17, 15) is 4.79 Å². The van der Waals surface area contributed by atoms with Gasteiger partial charge in [-0.1, -0.05) is 0 Å². The first-order valence-corrected chi connectivity index (χ1v) is 7.74. The Kier molecular flexibility index (Phi) is 2.84. The monoisotopic (exact) mass is 275 g/mol. The standard InChI is InChI=1S/C15H21N3O2/c19-14(13-10-12(16-17-13)11-2-3-11)18-7-5-15(6-8-18)4-1-9-20-15/h10-11H,1-9H2,(H,16,17). The molecule has 0 radical (unpaired) electrons. The molecule has 3 fully saturated rings. The Morgan fingerprint density at radius 3 is 2.80 bits per heavy atom. The number of aromatic nitrogens is 2. The lowest BCUT2D eigenvalue weighted by atomic mass is 9.88. The van der Waals surface area contributed by atoms with Crippen molar-refractivity contribution in [3.8, 4) is 0 Å². The van der Waals surface area contributed by atoms with Crippen LogP contribution in [-0.2, 0) is 4.74 Å². The fourth-order valence-corrected chi connectivity index (χ4v) is 3.48. The summed E-state index contributed by atoms with van der Waals surface area (Å²) in [4.78, 5) is 14.4. The third kappa shape index (κ3) is 2.14. The zero-order valence-corrected chi connectivity index (χ0v) is 11.7. The summed E-state index contributed by atoms with van der Waals surface area (Å²) in [6.45, 7) is 2.48. The van der Waals surface area contributed by atoms with Crippen molar-refractivity contribution in [2.24, 2.45) is 0 Å². The molecule has 1 aliphatic carbocycles. The van der Waals surface area contributed by atoms with Gasteiger partial charge in [0.15, 0.2) is 0 Å². The van der Waals surface area contributed by atoms with Crippen molar-refractivity contribution < 1.29 is 9.53 Å². The second-order valence-corrected chi connectivity index (χ2v) is 6.41. The highest BCUT2D eigenvalue weighted by Crippen LogP contribution is 2.39. The maximum atomic E-state index is 12.5. The largest absolute Gasteiger partial charge is 0.375 e. The van der Waals surface area contributed by atoms with Crippen LogP contribution in [0, 0.1) is 0 Å². The fourth-order valence-electron chi connectivity index (χ4n) is 3.48. The van der Waals surface area contributed by atoms with Crippen LogP contribution in [0.3, 0.4) is 0 Å². The molecule has 108 valence electrons. The highest BCUT2D eigenvalue weighted by molar-refractivity contribution is 5.92. The highest BCUT2D eigenvalue weighted by atomic mass is 16.5. The van der Waals surface area contributed by atoms with Gasteiger partial charge < -0.3 is 9.64 Å². The van der Waals surface area contributed by atoms with Gasteiger partial charge in [0.1, 0.15) is 5.69 Å². The topological polar surface area (TPSA) is 58.2 Å². The van der Waals surface area contributed by atoms with Crippen LogP contribution in [0.15, 0.2) is 6.07 Å². The molecule has 0 aromatic carbocycles. The van der Waals surface area contributed by atoms with E-state index >= 15 is 0 Å². The number of piperidine rings is 1. The van der Waals surface area contributed by atoms with Crippen LogP contribution in [0.25, 0.3) is 0 Å². The van der Waals surface area contributed by atoms with Crippen molar-refractivity contribution in [1.29, 1.82) is 0 Å². The molecule has 0 unspecified atom stereocenters. The van der Waals surface area contributed by atoms with Gasteiger partial charge in [-0.2, -0.15) is 5.10 Å². The van der Waals surface area contributed by atoms with Gasteiger partial charge >= 0.3 is 0 Å². The summed E-state index contributed by atoms with van der Waals surface area (Å²) in [6.07, 6.45) is 6.71. The summed E-state index contributed by atoms with van der Waals surface area (Å²) in [5.41, 5.74) is 1.78. The summed E-state index contributed by atoms with van der Waals surface area (Å²) in [7, 11) is 0. The molecule has 5 nitrogen and oxygen atoms in total. The van der Waals surface area contributed by atoms with Crippen molar-refractivity contribution in [2.45, 2.75) is 50.0 Å². The molecular formula is C15H21N3O2. The van der Waals surface area contributed by atoms with Crippen molar-refractivity contribution in [3.05, 3.63) is 17.5 Å². The molecule has 5 heteroatoms. The van der Waals surface area contributed by atoms with E-state index in [4.69, 9.17) is 4.74 Å². The molecule has 3 aliphatic rings. The number of carbonyl (C=O) groups is 1. The number of amides is 1. The van der Waals surface area contributed by atoms with Crippen LogP contribution < -0.4 is 0 Å². The van der Waals surface area contributed by atoms with Crippen molar-refractivity contribution >= 4 is 5.91 Å². The van der Waals surface area contributed by atoms with E-state index in [1.54, 1.807) is 0 Å². The Hall–Kier alpha value is -1.36. The molecule has 2 aliphatic heterocycles. The molecule has 20 heavy (non-hydrogen) atoms. The third-order valence-electron chi connectivity index (χ3n) is 4.98. The van der Waals surface area contributed by atoms with Gasteiger partial charge in [0.2, 0.25) is 0 Å². The SMILES string of the molecule is O=C(c1cc(C2CC2)[nH]n1)N1CCC2(CCCO2)CC1. The number of rotatable bonds is 2. The van der Waals surface area contributed by atoms with Crippen LogP contribution in [0.1, 0.15) is 60.6 Å². The van der Waals surface area contributed by atoms with Crippen LogP contribution in [0.2, 0.25) is 0 Å². The summed E-state index contributed by atoms with van der Waals surface area (Å²) in [5.74, 6) is 0.682.